The van der Waals surface area contributed by atoms with Crippen molar-refractivity contribution in [2.24, 2.45) is 0 Å². The first kappa shape index (κ1) is 45.9. The Kier molecular flexibility index (Phi) is 50.2. The molecule has 0 spiro atoms. The van der Waals surface area contributed by atoms with Gasteiger partial charge in [-0.3, -0.25) is 9.59 Å². The Bertz CT molecular complexity index is 453. The molecule has 0 heterocycles. The van der Waals surface area contributed by atoms with Gasteiger partial charge < -0.3 is 10.2 Å². The van der Waals surface area contributed by atoms with Crippen LogP contribution in [0.15, 0.2) is 0 Å². The maximum Gasteiger partial charge on any atom is 0.303 e. The largest absolute Gasteiger partial charge is 0.481 e. The zero-order chi connectivity index (χ0) is 31.1. The van der Waals surface area contributed by atoms with Gasteiger partial charge >= 0.3 is 81.5 Å². The van der Waals surface area contributed by atoms with E-state index in [4.69, 9.17) is 10.2 Å². The fourth-order valence-corrected chi connectivity index (χ4v) is 8.94. The van der Waals surface area contributed by atoms with Crippen molar-refractivity contribution in [3.63, 3.8) is 0 Å². The van der Waals surface area contributed by atoms with Gasteiger partial charge in [-0.2, -0.15) is 25.3 Å². The quantitative estimate of drug-likeness (QED) is 0.0338. The molecule has 0 fully saturated rings. The monoisotopic (exact) mass is 726 g/mol. The molecule has 0 aromatic rings. The first-order valence-corrected chi connectivity index (χ1v) is 22.6. The van der Waals surface area contributed by atoms with Gasteiger partial charge in [0.15, 0.2) is 0 Å². The summed E-state index contributed by atoms with van der Waals surface area (Å²) in [6.07, 6.45) is 31.1. The SMILES string of the molecule is CCC[CH2][Sn][CH2]CCC.O=C(O)CCCCCCCCCCCCS.O=C(O)CCCCCCCCCCCCS. The van der Waals surface area contributed by atoms with E-state index in [1.807, 2.05) is 0 Å². The minimum absolute atomic E-state index is 0.149. The van der Waals surface area contributed by atoms with Crippen molar-refractivity contribution in [1.82, 2.24) is 0 Å². The van der Waals surface area contributed by atoms with Crippen molar-refractivity contribution < 1.29 is 19.8 Å². The number of carboxylic acids is 2. The topological polar surface area (TPSA) is 74.6 Å². The number of unbranched alkanes of at least 4 members (excludes halogenated alkanes) is 20. The van der Waals surface area contributed by atoms with E-state index in [0.29, 0.717) is 12.8 Å². The molecule has 246 valence electrons. The summed E-state index contributed by atoms with van der Waals surface area (Å²) in [5, 5.41) is 16.9. The molecule has 0 unspecified atom stereocenters. The smallest absolute Gasteiger partial charge is 0.303 e. The number of thiol groups is 2. The molecule has 4 nitrogen and oxygen atoms in total. The van der Waals surface area contributed by atoms with Gasteiger partial charge in [0.1, 0.15) is 0 Å². The zero-order valence-electron chi connectivity index (χ0n) is 27.3. The first-order valence-electron chi connectivity index (χ1n) is 17.3. The Hall–Kier alpha value is 0.439. The Labute approximate surface area is 277 Å². The Balaban J connectivity index is -0.000000551. The number of hydrogen-bond donors (Lipinski definition) is 4. The maximum absolute atomic E-state index is 10.3. The van der Waals surface area contributed by atoms with Gasteiger partial charge in [0.05, 0.1) is 0 Å². The average molecular weight is 726 g/mol. The Morgan fingerprint density at radius 1 is 0.439 bits per heavy atom. The summed E-state index contributed by atoms with van der Waals surface area (Å²) in [4.78, 5) is 20.5. The molecule has 0 saturated carbocycles. The minimum Gasteiger partial charge on any atom is -0.481 e. The molecule has 0 aromatic heterocycles. The number of aliphatic carboxylic acids is 2. The summed E-state index contributed by atoms with van der Waals surface area (Å²) >= 11 is 8.52. The van der Waals surface area contributed by atoms with Crippen molar-refractivity contribution in [3.8, 4) is 0 Å². The number of carboxylic acid groups (broad SMARTS) is 2. The van der Waals surface area contributed by atoms with Crippen LogP contribution in [0.4, 0.5) is 0 Å². The summed E-state index contributed by atoms with van der Waals surface area (Å²) in [6.45, 7) is 4.58. The second kappa shape index (κ2) is 44.9. The summed E-state index contributed by atoms with van der Waals surface area (Å²) in [7, 11) is 0. The third-order valence-electron chi connectivity index (χ3n) is 7.01. The fraction of sp³-hybridized carbons (Fsp3) is 0.941. The predicted octanol–water partition coefficient (Wildman–Crippen LogP) is 11.7. The van der Waals surface area contributed by atoms with E-state index in [-0.39, 0.29) is 21.1 Å². The second-order valence-corrected chi connectivity index (χ2v) is 16.4. The predicted molar refractivity (Wildman–Crippen MR) is 190 cm³/mol. The van der Waals surface area contributed by atoms with Gasteiger partial charge in [0.25, 0.3) is 0 Å². The second-order valence-electron chi connectivity index (χ2n) is 11.3. The van der Waals surface area contributed by atoms with Crippen LogP contribution in [0.1, 0.15) is 181 Å². The van der Waals surface area contributed by atoms with Gasteiger partial charge in [-0.15, -0.1) is 0 Å². The van der Waals surface area contributed by atoms with Gasteiger partial charge in [-0.1, -0.05) is 103 Å². The van der Waals surface area contributed by atoms with Crippen LogP contribution in [0.25, 0.3) is 0 Å². The Morgan fingerprint density at radius 3 is 0.902 bits per heavy atom. The van der Waals surface area contributed by atoms with E-state index < -0.39 is 11.9 Å². The maximum atomic E-state index is 10.3. The number of carbonyl (C=O) groups is 2. The molecule has 0 aliphatic carbocycles. The molecule has 0 aliphatic rings. The van der Waals surface area contributed by atoms with E-state index in [0.717, 1.165) is 37.2 Å². The van der Waals surface area contributed by atoms with Crippen LogP contribution in [-0.2, 0) is 9.59 Å². The minimum atomic E-state index is -0.663. The van der Waals surface area contributed by atoms with Gasteiger partial charge in [-0.05, 0) is 37.2 Å². The summed E-state index contributed by atoms with van der Waals surface area (Å²) in [5.41, 5.74) is 0. The van der Waals surface area contributed by atoms with Gasteiger partial charge in [0.2, 0.25) is 0 Å². The summed E-state index contributed by atoms with van der Waals surface area (Å²) < 4.78 is 3.25. The zero-order valence-corrected chi connectivity index (χ0v) is 32.0. The third kappa shape index (κ3) is 56.8. The van der Waals surface area contributed by atoms with Gasteiger partial charge in [0, 0.05) is 12.8 Å². The van der Waals surface area contributed by atoms with Crippen LogP contribution in [-0.4, -0.2) is 54.8 Å². The Morgan fingerprint density at radius 2 is 0.683 bits per heavy atom. The van der Waals surface area contributed by atoms with Crippen LogP contribution < -0.4 is 0 Å². The van der Waals surface area contributed by atoms with E-state index in [2.05, 4.69) is 39.1 Å². The fourth-order valence-electron chi connectivity index (χ4n) is 4.33. The van der Waals surface area contributed by atoms with Crippen LogP contribution in [0, 0.1) is 0 Å². The van der Waals surface area contributed by atoms with Crippen molar-refractivity contribution in [1.29, 1.82) is 0 Å². The molecule has 2 N–H and O–H groups in total. The molecular formula is C34H70O4S2Sn. The molecular weight excluding hydrogens is 655 g/mol. The van der Waals surface area contributed by atoms with Crippen LogP contribution >= 0.6 is 25.3 Å². The van der Waals surface area contributed by atoms with Gasteiger partial charge in [-0.25, -0.2) is 0 Å². The van der Waals surface area contributed by atoms with Crippen LogP contribution in [0.2, 0.25) is 8.87 Å². The van der Waals surface area contributed by atoms with E-state index in [1.54, 1.807) is 8.87 Å². The summed E-state index contributed by atoms with van der Waals surface area (Å²) in [6, 6.07) is 0. The molecule has 0 amide bonds. The molecule has 0 aromatic carbocycles. The molecule has 0 rings (SSSR count). The third-order valence-corrected chi connectivity index (χ3v) is 11.7. The molecule has 0 bridgehead atoms. The van der Waals surface area contributed by atoms with E-state index in [9.17, 15) is 9.59 Å². The van der Waals surface area contributed by atoms with Crippen LogP contribution in [0.3, 0.4) is 0 Å². The van der Waals surface area contributed by atoms with Crippen LogP contribution in [0.5, 0.6) is 0 Å². The summed E-state index contributed by atoms with van der Waals surface area (Å²) in [5.74, 6) is 0.709. The first-order chi connectivity index (χ1) is 20.0. The van der Waals surface area contributed by atoms with E-state index >= 15 is 0 Å². The molecule has 0 saturated heterocycles. The standard InChI is InChI=1S/2C13H26O2S.2C4H9.Sn/c2*14-13(15)11-9-7-5-3-1-2-4-6-8-10-12-16;2*1-3-4-2;/h2*16H,1-12H2,(H,14,15);2*1,3-4H2,2H3;. The normalized spacial score (nSPS) is 10.4. The van der Waals surface area contributed by atoms with Crippen molar-refractivity contribution >= 4 is 58.3 Å². The van der Waals surface area contributed by atoms with Crippen molar-refractivity contribution in [2.45, 2.75) is 190 Å². The average Bonchev–Trinajstić information content (AvgIpc) is 2.95. The molecule has 0 aliphatic heterocycles. The van der Waals surface area contributed by atoms with E-state index in [1.165, 1.54) is 128 Å². The molecule has 7 heteroatoms. The number of hydrogen-bond acceptors (Lipinski definition) is 4. The molecule has 41 heavy (non-hydrogen) atoms. The van der Waals surface area contributed by atoms with Crippen molar-refractivity contribution in [2.75, 3.05) is 11.5 Å². The molecule has 0 atom stereocenters. The number of rotatable bonds is 30. The molecule has 2 radical (unpaired) electrons. The van der Waals surface area contributed by atoms with Crippen molar-refractivity contribution in [3.05, 3.63) is 0 Å².